The molecule has 0 aromatic heterocycles. The second-order valence-electron chi connectivity index (χ2n) is 3.67. The summed E-state index contributed by atoms with van der Waals surface area (Å²) in [6.45, 7) is 4.00. The van der Waals surface area contributed by atoms with Crippen molar-refractivity contribution < 1.29 is 19.1 Å². The SMILES string of the molecule is CCC/C(C)=C/C(CC(=O)OC)C(=O)OC. The van der Waals surface area contributed by atoms with Crippen LogP contribution in [-0.2, 0) is 19.1 Å². The highest BCUT2D eigenvalue weighted by Gasteiger charge is 2.20. The fraction of sp³-hybridized carbons (Fsp3) is 0.667. The van der Waals surface area contributed by atoms with Crippen molar-refractivity contribution in [2.24, 2.45) is 5.92 Å². The molecular weight excluding hydrogens is 208 g/mol. The number of rotatable bonds is 6. The number of ether oxygens (including phenoxy) is 2. The summed E-state index contributed by atoms with van der Waals surface area (Å²) in [6.07, 6.45) is 3.74. The van der Waals surface area contributed by atoms with Gasteiger partial charge in [0.15, 0.2) is 0 Å². The second-order valence-corrected chi connectivity index (χ2v) is 3.67. The Balaban J connectivity index is 4.60. The molecule has 92 valence electrons. The van der Waals surface area contributed by atoms with Gasteiger partial charge >= 0.3 is 11.9 Å². The normalized spacial score (nSPS) is 13.1. The highest BCUT2D eigenvalue weighted by Crippen LogP contribution is 2.14. The van der Waals surface area contributed by atoms with Crippen LogP contribution in [0, 0.1) is 5.92 Å². The van der Waals surface area contributed by atoms with E-state index in [9.17, 15) is 9.59 Å². The Bertz CT molecular complexity index is 268. The molecular formula is C12H20O4. The summed E-state index contributed by atoms with van der Waals surface area (Å²) in [6, 6.07) is 0. The van der Waals surface area contributed by atoms with Crippen LogP contribution in [0.5, 0.6) is 0 Å². The summed E-state index contributed by atoms with van der Waals surface area (Å²) in [7, 11) is 2.62. The topological polar surface area (TPSA) is 52.6 Å². The van der Waals surface area contributed by atoms with Gasteiger partial charge in [0, 0.05) is 0 Å². The van der Waals surface area contributed by atoms with E-state index in [1.165, 1.54) is 14.2 Å². The Morgan fingerprint density at radius 3 is 2.31 bits per heavy atom. The van der Waals surface area contributed by atoms with Gasteiger partial charge in [-0.2, -0.15) is 0 Å². The van der Waals surface area contributed by atoms with Crippen LogP contribution in [0.4, 0.5) is 0 Å². The van der Waals surface area contributed by atoms with E-state index < -0.39 is 17.9 Å². The molecule has 0 aliphatic heterocycles. The number of carbonyl (C=O) groups excluding carboxylic acids is 2. The third kappa shape index (κ3) is 5.53. The van der Waals surface area contributed by atoms with Crippen LogP contribution in [0.15, 0.2) is 11.6 Å². The Labute approximate surface area is 96.6 Å². The van der Waals surface area contributed by atoms with E-state index in [4.69, 9.17) is 0 Å². The van der Waals surface area contributed by atoms with E-state index in [1.54, 1.807) is 6.08 Å². The van der Waals surface area contributed by atoms with Gasteiger partial charge in [0.1, 0.15) is 0 Å². The van der Waals surface area contributed by atoms with Crippen molar-refractivity contribution in [2.75, 3.05) is 14.2 Å². The predicted molar refractivity (Wildman–Crippen MR) is 60.8 cm³/mol. The molecule has 1 atom stereocenters. The summed E-state index contributed by atoms with van der Waals surface area (Å²) in [5, 5.41) is 0. The van der Waals surface area contributed by atoms with Gasteiger partial charge in [0.05, 0.1) is 26.6 Å². The van der Waals surface area contributed by atoms with Crippen molar-refractivity contribution in [3.05, 3.63) is 11.6 Å². The van der Waals surface area contributed by atoms with Crippen molar-refractivity contribution in [3.8, 4) is 0 Å². The standard InChI is InChI=1S/C12H20O4/c1-5-6-9(2)7-10(12(14)16-4)8-11(13)15-3/h7,10H,5-6,8H2,1-4H3/b9-7+. The van der Waals surface area contributed by atoms with E-state index in [2.05, 4.69) is 16.4 Å². The number of methoxy groups -OCH3 is 2. The van der Waals surface area contributed by atoms with Crippen LogP contribution in [0.2, 0.25) is 0 Å². The first-order valence-corrected chi connectivity index (χ1v) is 5.37. The Morgan fingerprint density at radius 1 is 1.25 bits per heavy atom. The zero-order valence-corrected chi connectivity index (χ0v) is 10.4. The van der Waals surface area contributed by atoms with Crippen LogP contribution in [0.1, 0.15) is 33.1 Å². The molecule has 4 heteroatoms. The molecule has 0 saturated heterocycles. The zero-order valence-electron chi connectivity index (χ0n) is 10.4. The highest BCUT2D eigenvalue weighted by molar-refractivity contribution is 5.81. The van der Waals surface area contributed by atoms with E-state index in [-0.39, 0.29) is 6.42 Å². The van der Waals surface area contributed by atoms with E-state index in [0.717, 1.165) is 18.4 Å². The minimum absolute atomic E-state index is 0.0320. The molecule has 4 nitrogen and oxygen atoms in total. The molecule has 1 unspecified atom stereocenters. The lowest BCUT2D eigenvalue weighted by Crippen LogP contribution is -2.19. The van der Waals surface area contributed by atoms with Crippen LogP contribution < -0.4 is 0 Å². The maximum Gasteiger partial charge on any atom is 0.313 e. The van der Waals surface area contributed by atoms with Crippen molar-refractivity contribution in [1.82, 2.24) is 0 Å². The smallest absolute Gasteiger partial charge is 0.313 e. The monoisotopic (exact) mass is 228 g/mol. The van der Waals surface area contributed by atoms with Crippen molar-refractivity contribution in [1.29, 1.82) is 0 Å². The Morgan fingerprint density at radius 2 is 1.88 bits per heavy atom. The molecule has 0 amide bonds. The number of carbonyl (C=O) groups is 2. The molecule has 0 fully saturated rings. The van der Waals surface area contributed by atoms with Gasteiger partial charge in [-0.25, -0.2) is 0 Å². The van der Waals surface area contributed by atoms with Gasteiger partial charge < -0.3 is 9.47 Å². The van der Waals surface area contributed by atoms with Gasteiger partial charge in [-0.1, -0.05) is 25.0 Å². The largest absolute Gasteiger partial charge is 0.469 e. The molecule has 0 saturated carbocycles. The Hall–Kier alpha value is -1.32. The van der Waals surface area contributed by atoms with Crippen LogP contribution in [-0.4, -0.2) is 26.2 Å². The Kier molecular flexibility index (Phi) is 7.25. The van der Waals surface area contributed by atoms with E-state index in [1.807, 2.05) is 6.92 Å². The molecule has 0 aliphatic rings. The number of allylic oxidation sites excluding steroid dienone is 1. The van der Waals surface area contributed by atoms with Crippen LogP contribution in [0.3, 0.4) is 0 Å². The first-order chi connectivity index (χ1) is 7.54. The van der Waals surface area contributed by atoms with Gasteiger partial charge in [-0.15, -0.1) is 0 Å². The van der Waals surface area contributed by atoms with Crippen LogP contribution in [0.25, 0.3) is 0 Å². The summed E-state index contributed by atoms with van der Waals surface area (Å²) in [5.74, 6) is -1.35. The molecule has 0 radical (unpaired) electrons. The number of esters is 2. The first kappa shape index (κ1) is 14.7. The zero-order chi connectivity index (χ0) is 12.6. The lowest BCUT2D eigenvalue weighted by atomic mass is 10.0. The summed E-state index contributed by atoms with van der Waals surface area (Å²) < 4.78 is 9.19. The van der Waals surface area contributed by atoms with E-state index in [0.29, 0.717) is 0 Å². The summed E-state index contributed by atoms with van der Waals surface area (Å²) in [4.78, 5) is 22.6. The average molecular weight is 228 g/mol. The third-order valence-corrected chi connectivity index (χ3v) is 2.25. The maximum absolute atomic E-state index is 11.4. The lowest BCUT2D eigenvalue weighted by molar-refractivity contribution is -0.150. The minimum Gasteiger partial charge on any atom is -0.469 e. The van der Waals surface area contributed by atoms with Crippen molar-refractivity contribution in [2.45, 2.75) is 33.1 Å². The van der Waals surface area contributed by atoms with Gasteiger partial charge in [0.25, 0.3) is 0 Å². The van der Waals surface area contributed by atoms with Gasteiger partial charge in [-0.3, -0.25) is 9.59 Å². The molecule has 0 aromatic rings. The molecule has 0 N–H and O–H groups in total. The van der Waals surface area contributed by atoms with Gasteiger partial charge in [0.2, 0.25) is 0 Å². The van der Waals surface area contributed by atoms with Crippen LogP contribution >= 0.6 is 0 Å². The minimum atomic E-state index is -0.538. The summed E-state index contributed by atoms with van der Waals surface area (Å²) in [5.41, 5.74) is 1.09. The maximum atomic E-state index is 11.4. The quantitative estimate of drug-likeness (QED) is 0.516. The fourth-order valence-corrected chi connectivity index (χ4v) is 1.45. The summed E-state index contributed by atoms with van der Waals surface area (Å²) >= 11 is 0. The molecule has 0 rings (SSSR count). The molecule has 0 heterocycles. The molecule has 0 bridgehead atoms. The number of hydrogen-bond acceptors (Lipinski definition) is 4. The second kappa shape index (κ2) is 7.91. The van der Waals surface area contributed by atoms with E-state index >= 15 is 0 Å². The van der Waals surface area contributed by atoms with Crippen molar-refractivity contribution >= 4 is 11.9 Å². The van der Waals surface area contributed by atoms with Crippen molar-refractivity contribution in [3.63, 3.8) is 0 Å². The average Bonchev–Trinajstić information content (AvgIpc) is 2.27. The predicted octanol–water partition coefficient (Wildman–Crippen LogP) is 2.09. The lowest BCUT2D eigenvalue weighted by Gasteiger charge is -2.10. The third-order valence-electron chi connectivity index (χ3n) is 2.25. The highest BCUT2D eigenvalue weighted by atomic mass is 16.5. The first-order valence-electron chi connectivity index (χ1n) is 5.37. The number of hydrogen-bond donors (Lipinski definition) is 0. The molecule has 0 aromatic carbocycles. The van der Waals surface area contributed by atoms with Gasteiger partial charge in [-0.05, 0) is 13.3 Å². The molecule has 0 aliphatic carbocycles. The fourth-order valence-electron chi connectivity index (χ4n) is 1.45. The molecule has 0 spiro atoms. The molecule has 16 heavy (non-hydrogen) atoms.